The number of rotatable bonds is 3. The number of benzene rings is 1. The quantitative estimate of drug-likeness (QED) is 0.759. The van der Waals surface area contributed by atoms with Gasteiger partial charge >= 0.3 is 0 Å². The van der Waals surface area contributed by atoms with Crippen LogP contribution in [0, 0.1) is 0 Å². The minimum absolute atomic E-state index is 0.00434. The van der Waals surface area contributed by atoms with Gasteiger partial charge < -0.3 is 14.7 Å². The van der Waals surface area contributed by atoms with Gasteiger partial charge in [-0.2, -0.15) is 0 Å². The van der Waals surface area contributed by atoms with Crippen LogP contribution in [0.1, 0.15) is 18.7 Å². The van der Waals surface area contributed by atoms with Crippen molar-refractivity contribution in [3.8, 4) is 0 Å². The number of hydrogen-bond acceptors (Lipinski definition) is 5. The summed E-state index contributed by atoms with van der Waals surface area (Å²) in [4.78, 5) is 33.7. The highest BCUT2D eigenvalue weighted by Gasteiger charge is 2.30. The number of nitrogens with one attached hydrogen (secondary N) is 2. The van der Waals surface area contributed by atoms with Crippen LogP contribution in [0.15, 0.2) is 33.5 Å². The fourth-order valence-corrected chi connectivity index (χ4v) is 3.39. The number of amides is 1. The molecule has 7 heteroatoms. The standard InChI is InChI=1S/C17H18N4O3/c1-18-16(22)11-6-4-8-21(11)9-13-19-14-10-5-2-3-7-12(10)24-15(14)17(23)20-13/h2-3,5,7,11H,4,6,8-9H2,1H3,(H,18,22)(H,19,20,23). The van der Waals surface area contributed by atoms with Gasteiger partial charge in [0.25, 0.3) is 5.56 Å². The Labute approximate surface area is 137 Å². The Hall–Kier alpha value is -2.67. The molecule has 3 heterocycles. The predicted molar refractivity (Wildman–Crippen MR) is 89.6 cm³/mol. The maximum absolute atomic E-state index is 12.3. The second-order valence-corrected chi connectivity index (χ2v) is 6.03. The van der Waals surface area contributed by atoms with Gasteiger partial charge in [0.2, 0.25) is 11.5 Å². The molecule has 1 saturated heterocycles. The first-order valence-corrected chi connectivity index (χ1v) is 8.03. The smallest absolute Gasteiger partial charge is 0.294 e. The molecule has 24 heavy (non-hydrogen) atoms. The zero-order valence-corrected chi connectivity index (χ0v) is 13.3. The minimum atomic E-state index is -0.290. The summed E-state index contributed by atoms with van der Waals surface area (Å²) in [5.41, 5.74) is 1.17. The van der Waals surface area contributed by atoms with Gasteiger partial charge in [0, 0.05) is 12.4 Å². The number of nitrogens with zero attached hydrogens (tertiary/aromatic N) is 2. The van der Waals surface area contributed by atoms with Crippen molar-refractivity contribution >= 4 is 28.0 Å². The number of fused-ring (bicyclic) bond motifs is 3. The summed E-state index contributed by atoms with van der Waals surface area (Å²) in [5.74, 6) is 0.555. The Balaban J connectivity index is 1.73. The van der Waals surface area contributed by atoms with Crippen LogP contribution >= 0.6 is 0 Å². The summed E-state index contributed by atoms with van der Waals surface area (Å²) in [6.45, 7) is 1.24. The van der Waals surface area contributed by atoms with Gasteiger partial charge in [0.05, 0.1) is 12.6 Å². The molecule has 2 aromatic heterocycles. The van der Waals surface area contributed by atoms with Gasteiger partial charge in [-0.3, -0.25) is 14.5 Å². The van der Waals surface area contributed by atoms with Crippen molar-refractivity contribution < 1.29 is 9.21 Å². The van der Waals surface area contributed by atoms with E-state index < -0.39 is 0 Å². The van der Waals surface area contributed by atoms with Crippen molar-refractivity contribution in [2.75, 3.05) is 13.6 Å². The second kappa shape index (κ2) is 5.76. The van der Waals surface area contributed by atoms with Crippen LogP contribution in [-0.2, 0) is 11.3 Å². The summed E-state index contributed by atoms with van der Waals surface area (Å²) < 4.78 is 5.60. The largest absolute Gasteiger partial charge is 0.449 e. The molecule has 0 aliphatic carbocycles. The Morgan fingerprint density at radius 1 is 1.46 bits per heavy atom. The zero-order chi connectivity index (χ0) is 16.7. The molecule has 1 aliphatic heterocycles. The molecule has 0 spiro atoms. The van der Waals surface area contributed by atoms with Crippen LogP contribution in [0.3, 0.4) is 0 Å². The number of aromatic amines is 1. The van der Waals surface area contributed by atoms with Crippen molar-refractivity contribution in [1.82, 2.24) is 20.2 Å². The van der Waals surface area contributed by atoms with Gasteiger partial charge in [-0.05, 0) is 31.5 Å². The molecule has 1 aromatic carbocycles. The summed E-state index contributed by atoms with van der Waals surface area (Å²) in [5, 5.41) is 3.52. The monoisotopic (exact) mass is 326 g/mol. The average Bonchev–Trinajstić information content (AvgIpc) is 3.19. The van der Waals surface area contributed by atoms with E-state index in [1.807, 2.05) is 29.2 Å². The first-order valence-electron chi connectivity index (χ1n) is 8.03. The highest BCUT2D eigenvalue weighted by atomic mass is 16.3. The molecule has 1 amide bonds. The molecule has 3 aromatic rings. The van der Waals surface area contributed by atoms with Crippen LogP contribution in [0.4, 0.5) is 0 Å². The van der Waals surface area contributed by atoms with E-state index in [9.17, 15) is 9.59 Å². The number of likely N-dealkylation sites (N-methyl/N-ethyl adjacent to an activating group) is 1. The van der Waals surface area contributed by atoms with Crippen molar-refractivity contribution in [2.45, 2.75) is 25.4 Å². The lowest BCUT2D eigenvalue weighted by molar-refractivity contribution is -0.125. The van der Waals surface area contributed by atoms with Crippen molar-refractivity contribution in [3.63, 3.8) is 0 Å². The summed E-state index contributed by atoms with van der Waals surface area (Å²) in [6.07, 6.45) is 1.78. The molecular formula is C17H18N4O3. The summed E-state index contributed by atoms with van der Waals surface area (Å²) in [6, 6.07) is 7.29. The van der Waals surface area contributed by atoms with Crippen LogP contribution in [0.25, 0.3) is 22.1 Å². The molecule has 0 bridgehead atoms. The molecule has 1 aliphatic rings. The molecule has 2 N–H and O–H groups in total. The maximum atomic E-state index is 12.3. The van der Waals surface area contributed by atoms with Gasteiger partial charge in [0.15, 0.2) is 0 Å². The Bertz CT molecular complexity index is 975. The van der Waals surface area contributed by atoms with E-state index in [2.05, 4.69) is 15.3 Å². The highest BCUT2D eigenvalue weighted by Crippen LogP contribution is 2.25. The van der Waals surface area contributed by atoms with Crippen molar-refractivity contribution in [1.29, 1.82) is 0 Å². The number of aromatic nitrogens is 2. The van der Waals surface area contributed by atoms with E-state index in [0.29, 0.717) is 23.5 Å². The molecule has 1 atom stereocenters. The number of hydrogen-bond donors (Lipinski definition) is 2. The summed E-state index contributed by atoms with van der Waals surface area (Å²) >= 11 is 0. The molecule has 0 saturated carbocycles. The number of furan rings is 1. The first-order chi connectivity index (χ1) is 11.7. The topological polar surface area (TPSA) is 91.2 Å². The molecule has 1 unspecified atom stereocenters. The predicted octanol–water partition coefficient (Wildman–Crippen LogP) is 1.38. The fourth-order valence-electron chi connectivity index (χ4n) is 3.39. The number of H-pyrrole nitrogens is 1. The third-order valence-electron chi connectivity index (χ3n) is 4.55. The van der Waals surface area contributed by atoms with Crippen LogP contribution in [0.2, 0.25) is 0 Å². The zero-order valence-electron chi connectivity index (χ0n) is 13.3. The van der Waals surface area contributed by atoms with Crippen molar-refractivity contribution in [2.24, 2.45) is 0 Å². The second-order valence-electron chi connectivity index (χ2n) is 6.03. The maximum Gasteiger partial charge on any atom is 0.294 e. The number of carbonyl (C=O) groups is 1. The molecule has 7 nitrogen and oxygen atoms in total. The van der Waals surface area contributed by atoms with E-state index >= 15 is 0 Å². The minimum Gasteiger partial charge on any atom is -0.449 e. The Morgan fingerprint density at radius 2 is 2.29 bits per heavy atom. The number of carbonyl (C=O) groups excluding carboxylic acids is 1. The Kier molecular flexibility index (Phi) is 3.57. The molecule has 4 rings (SSSR count). The van der Waals surface area contributed by atoms with Crippen LogP contribution in [-0.4, -0.2) is 40.4 Å². The van der Waals surface area contributed by atoms with E-state index in [0.717, 1.165) is 24.8 Å². The number of likely N-dealkylation sites (tertiary alicyclic amines) is 1. The summed E-state index contributed by atoms with van der Waals surface area (Å²) in [7, 11) is 1.64. The lowest BCUT2D eigenvalue weighted by Gasteiger charge is -2.22. The van der Waals surface area contributed by atoms with Crippen LogP contribution < -0.4 is 10.9 Å². The van der Waals surface area contributed by atoms with E-state index in [1.54, 1.807) is 7.05 Å². The molecule has 0 radical (unpaired) electrons. The van der Waals surface area contributed by atoms with E-state index in [-0.39, 0.29) is 23.1 Å². The Morgan fingerprint density at radius 3 is 3.12 bits per heavy atom. The molecule has 124 valence electrons. The fraction of sp³-hybridized carbons (Fsp3) is 0.353. The van der Waals surface area contributed by atoms with Gasteiger partial charge in [0.1, 0.15) is 16.9 Å². The van der Waals surface area contributed by atoms with Gasteiger partial charge in [-0.1, -0.05) is 12.1 Å². The molecular weight excluding hydrogens is 308 g/mol. The van der Waals surface area contributed by atoms with Gasteiger partial charge in [-0.15, -0.1) is 0 Å². The van der Waals surface area contributed by atoms with E-state index in [1.165, 1.54) is 0 Å². The average molecular weight is 326 g/mol. The third-order valence-corrected chi connectivity index (χ3v) is 4.55. The molecule has 1 fully saturated rings. The lowest BCUT2D eigenvalue weighted by atomic mass is 10.2. The van der Waals surface area contributed by atoms with E-state index in [4.69, 9.17) is 4.42 Å². The van der Waals surface area contributed by atoms with Gasteiger partial charge in [-0.25, -0.2) is 4.98 Å². The highest BCUT2D eigenvalue weighted by molar-refractivity contribution is 6.01. The normalized spacial score (nSPS) is 18.5. The lowest BCUT2D eigenvalue weighted by Crippen LogP contribution is -2.41. The third kappa shape index (κ3) is 2.37. The first kappa shape index (κ1) is 14.9. The van der Waals surface area contributed by atoms with Crippen LogP contribution in [0.5, 0.6) is 0 Å². The SMILES string of the molecule is CNC(=O)C1CCCN1Cc1nc2c(oc3ccccc32)c(=O)[nH]1. The van der Waals surface area contributed by atoms with Crippen molar-refractivity contribution in [3.05, 3.63) is 40.4 Å². The number of para-hydroxylation sites is 1.